The second-order valence-corrected chi connectivity index (χ2v) is 4.30. The van der Waals surface area contributed by atoms with Crippen molar-refractivity contribution in [3.05, 3.63) is 54.0 Å². The van der Waals surface area contributed by atoms with Gasteiger partial charge in [0.2, 0.25) is 5.91 Å². The van der Waals surface area contributed by atoms with Crippen molar-refractivity contribution in [1.29, 1.82) is 0 Å². The number of aromatic amines is 1. The molecule has 0 saturated carbocycles. The van der Waals surface area contributed by atoms with E-state index in [1.807, 2.05) is 30.5 Å². The van der Waals surface area contributed by atoms with Gasteiger partial charge in [-0.2, -0.15) is 0 Å². The van der Waals surface area contributed by atoms with Crippen LogP contribution >= 0.6 is 0 Å². The van der Waals surface area contributed by atoms with Crippen molar-refractivity contribution in [1.82, 2.24) is 15.5 Å². The number of benzene rings is 1. The number of nitrogens with zero attached hydrogens (tertiary/aromatic N) is 1. The number of aromatic nitrogens is 2. The number of rotatable bonds is 4. The number of amides is 1. The summed E-state index contributed by atoms with van der Waals surface area (Å²) < 4.78 is 4.70. The normalized spacial score (nSPS) is 10.7. The summed E-state index contributed by atoms with van der Waals surface area (Å²) in [4.78, 5) is 15.0. The molecule has 3 aromatic rings. The van der Waals surface area contributed by atoms with E-state index >= 15 is 0 Å². The third kappa shape index (κ3) is 2.49. The smallest absolute Gasteiger partial charge is 0.224 e. The number of nitrogens with one attached hydrogen (secondary N) is 2. The molecule has 0 aliphatic rings. The molecular weight excluding hydrogens is 242 g/mol. The van der Waals surface area contributed by atoms with Crippen molar-refractivity contribution in [2.45, 2.75) is 13.0 Å². The molecular formula is C14H13N3O2. The summed E-state index contributed by atoms with van der Waals surface area (Å²) in [5.41, 5.74) is 2.75. The summed E-state index contributed by atoms with van der Waals surface area (Å²) in [5.74, 6) is -0.0345. The molecule has 0 atom stereocenters. The first kappa shape index (κ1) is 11.5. The second-order valence-electron chi connectivity index (χ2n) is 4.30. The minimum absolute atomic E-state index is 0.0345. The third-order valence-electron chi connectivity index (χ3n) is 2.98. The molecule has 19 heavy (non-hydrogen) atoms. The molecule has 5 nitrogen and oxygen atoms in total. The molecule has 1 amide bonds. The first-order chi connectivity index (χ1) is 9.33. The van der Waals surface area contributed by atoms with Gasteiger partial charge in [-0.3, -0.25) is 4.79 Å². The van der Waals surface area contributed by atoms with Gasteiger partial charge in [0.05, 0.1) is 13.0 Å². The van der Waals surface area contributed by atoms with Gasteiger partial charge in [-0.15, -0.1) is 0 Å². The van der Waals surface area contributed by atoms with E-state index in [4.69, 9.17) is 4.52 Å². The Hall–Kier alpha value is -2.56. The minimum Gasteiger partial charge on any atom is -0.364 e. The fourth-order valence-corrected chi connectivity index (χ4v) is 2.03. The predicted molar refractivity (Wildman–Crippen MR) is 70.4 cm³/mol. The van der Waals surface area contributed by atoms with Crippen LogP contribution in [-0.4, -0.2) is 16.0 Å². The van der Waals surface area contributed by atoms with Gasteiger partial charge in [0, 0.05) is 23.2 Å². The van der Waals surface area contributed by atoms with Crippen LogP contribution in [0.15, 0.2) is 47.3 Å². The molecule has 3 rings (SSSR count). The molecule has 0 unspecified atom stereocenters. The molecule has 0 saturated heterocycles. The fraction of sp³-hybridized carbons (Fsp3) is 0.143. The zero-order valence-corrected chi connectivity index (χ0v) is 10.2. The number of para-hydroxylation sites is 1. The van der Waals surface area contributed by atoms with E-state index in [-0.39, 0.29) is 5.91 Å². The van der Waals surface area contributed by atoms with Gasteiger partial charge in [0.15, 0.2) is 0 Å². The molecule has 1 aromatic carbocycles. The lowest BCUT2D eigenvalue weighted by Gasteiger charge is -2.02. The Bertz CT molecular complexity index is 686. The molecule has 96 valence electrons. The second kappa shape index (κ2) is 4.97. The third-order valence-corrected chi connectivity index (χ3v) is 2.98. The van der Waals surface area contributed by atoms with E-state index in [2.05, 4.69) is 15.5 Å². The average molecular weight is 255 g/mol. The lowest BCUT2D eigenvalue weighted by molar-refractivity contribution is -0.120. The molecule has 0 aliphatic heterocycles. The van der Waals surface area contributed by atoms with Gasteiger partial charge >= 0.3 is 0 Å². The van der Waals surface area contributed by atoms with Gasteiger partial charge in [0.1, 0.15) is 12.0 Å². The first-order valence-corrected chi connectivity index (χ1v) is 6.04. The highest BCUT2D eigenvalue weighted by atomic mass is 16.5. The van der Waals surface area contributed by atoms with Crippen molar-refractivity contribution in [2.75, 3.05) is 0 Å². The highest BCUT2D eigenvalue weighted by molar-refractivity contribution is 5.88. The molecule has 0 bridgehead atoms. The van der Waals surface area contributed by atoms with E-state index in [1.54, 1.807) is 6.07 Å². The highest BCUT2D eigenvalue weighted by Gasteiger charge is 2.08. The summed E-state index contributed by atoms with van der Waals surface area (Å²) in [7, 11) is 0. The summed E-state index contributed by atoms with van der Waals surface area (Å²) in [6.45, 7) is 0.387. The molecule has 2 N–H and O–H groups in total. The van der Waals surface area contributed by atoms with Gasteiger partial charge in [-0.25, -0.2) is 0 Å². The standard InChI is InChI=1S/C14H13N3O2/c18-14(16-9-11-5-6-19-17-11)7-10-8-15-13-4-2-1-3-12(10)13/h1-6,8,15H,7,9H2,(H,16,18). The monoisotopic (exact) mass is 255 g/mol. The zero-order chi connectivity index (χ0) is 13.1. The van der Waals surface area contributed by atoms with Gasteiger partial charge in [-0.05, 0) is 11.6 Å². The predicted octanol–water partition coefficient (Wildman–Crippen LogP) is 2.01. The Kier molecular flexibility index (Phi) is 3.02. The van der Waals surface area contributed by atoms with Crippen LogP contribution in [0.5, 0.6) is 0 Å². The molecule has 2 aromatic heterocycles. The van der Waals surface area contributed by atoms with Gasteiger partial charge in [-0.1, -0.05) is 23.4 Å². The topological polar surface area (TPSA) is 70.9 Å². The van der Waals surface area contributed by atoms with Gasteiger partial charge < -0.3 is 14.8 Å². The number of H-pyrrole nitrogens is 1. The Morgan fingerprint density at radius 2 is 2.21 bits per heavy atom. The van der Waals surface area contributed by atoms with Crippen LogP contribution in [0.4, 0.5) is 0 Å². The maximum Gasteiger partial charge on any atom is 0.224 e. The number of carbonyl (C=O) groups is 1. The number of fused-ring (bicyclic) bond motifs is 1. The number of carbonyl (C=O) groups excluding carboxylic acids is 1. The maximum absolute atomic E-state index is 11.9. The van der Waals surface area contributed by atoms with Crippen molar-refractivity contribution in [3.63, 3.8) is 0 Å². The van der Waals surface area contributed by atoms with Crippen molar-refractivity contribution >= 4 is 16.8 Å². The van der Waals surface area contributed by atoms with Crippen molar-refractivity contribution < 1.29 is 9.32 Å². The van der Waals surface area contributed by atoms with Crippen LogP contribution in [0.1, 0.15) is 11.3 Å². The van der Waals surface area contributed by atoms with Gasteiger partial charge in [0.25, 0.3) is 0 Å². The lowest BCUT2D eigenvalue weighted by Crippen LogP contribution is -2.24. The SMILES string of the molecule is O=C(Cc1c[nH]c2ccccc12)NCc1ccon1. The molecule has 5 heteroatoms. The maximum atomic E-state index is 11.9. The van der Waals surface area contributed by atoms with Crippen LogP contribution in [0, 0.1) is 0 Å². The Morgan fingerprint density at radius 1 is 1.32 bits per heavy atom. The van der Waals surface area contributed by atoms with E-state index in [1.165, 1.54) is 6.26 Å². The Morgan fingerprint density at radius 3 is 3.05 bits per heavy atom. The lowest BCUT2D eigenvalue weighted by atomic mass is 10.1. The van der Waals surface area contributed by atoms with Crippen LogP contribution in [0.2, 0.25) is 0 Å². The summed E-state index contributed by atoms with van der Waals surface area (Å²) >= 11 is 0. The van der Waals surface area contributed by atoms with Crippen molar-refractivity contribution in [3.8, 4) is 0 Å². The summed E-state index contributed by atoms with van der Waals surface area (Å²) in [6, 6.07) is 9.66. The number of hydrogen-bond donors (Lipinski definition) is 2. The highest BCUT2D eigenvalue weighted by Crippen LogP contribution is 2.17. The molecule has 0 aliphatic carbocycles. The average Bonchev–Trinajstić information content (AvgIpc) is 3.07. The van der Waals surface area contributed by atoms with E-state index < -0.39 is 0 Å². The van der Waals surface area contributed by atoms with Crippen molar-refractivity contribution in [2.24, 2.45) is 0 Å². The number of hydrogen-bond acceptors (Lipinski definition) is 3. The van der Waals surface area contributed by atoms with Crippen LogP contribution in [0.25, 0.3) is 10.9 Å². The van der Waals surface area contributed by atoms with Crippen LogP contribution in [-0.2, 0) is 17.8 Å². The quantitative estimate of drug-likeness (QED) is 0.749. The Balaban J connectivity index is 1.66. The zero-order valence-electron chi connectivity index (χ0n) is 10.2. The van der Waals surface area contributed by atoms with E-state index in [0.717, 1.165) is 16.5 Å². The van der Waals surface area contributed by atoms with Crippen LogP contribution < -0.4 is 5.32 Å². The van der Waals surface area contributed by atoms with E-state index in [9.17, 15) is 4.79 Å². The summed E-state index contributed by atoms with van der Waals surface area (Å²) in [5, 5.41) is 7.63. The summed E-state index contributed by atoms with van der Waals surface area (Å²) in [6.07, 6.45) is 3.71. The van der Waals surface area contributed by atoms with Crippen LogP contribution in [0.3, 0.4) is 0 Å². The molecule has 2 heterocycles. The molecule has 0 spiro atoms. The molecule has 0 fully saturated rings. The van der Waals surface area contributed by atoms with E-state index in [0.29, 0.717) is 18.7 Å². The Labute approximate surface area is 109 Å². The fourth-order valence-electron chi connectivity index (χ4n) is 2.03. The minimum atomic E-state index is -0.0345. The first-order valence-electron chi connectivity index (χ1n) is 6.04. The largest absolute Gasteiger partial charge is 0.364 e. The molecule has 0 radical (unpaired) electrons.